The highest BCUT2D eigenvalue weighted by atomic mass is 35.5. The van der Waals surface area contributed by atoms with Gasteiger partial charge in [-0.3, -0.25) is 0 Å². The second-order valence-electron chi connectivity index (χ2n) is 5.83. The first kappa shape index (κ1) is 18.3. The predicted octanol–water partition coefficient (Wildman–Crippen LogP) is 7.14. The maximum Gasteiger partial charge on any atom is 0.0218 e. The lowest BCUT2D eigenvalue weighted by Gasteiger charge is -2.18. The lowest BCUT2D eigenvalue weighted by molar-refractivity contribution is 0.853. The number of hydrogen-bond acceptors (Lipinski definition) is 0. The third-order valence-corrected chi connectivity index (χ3v) is 4.33. The van der Waals surface area contributed by atoms with Gasteiger partial charge in [0.25, 0.3) is 0 Å². The van der Waals surface area contributed by atoms with Gasteiger partial charge in [-0.2, -0.15) is 0 Å². The van der Waals surface area contributed by atoms with E-state index < -0.39 is 0 Å². The molecule has 0 N–H and O–H groups in total. The van der Waals surface area contributed by atoms with Gasteiger partial charge in [-0.1, -0.05) is 83.2 Å². The molecule has 0 unspecified atom stereocenters. The summed E-state index contributed by atoms with van der Waals surface area (Å²) < 4.78 is 0. The molecule has 0 saturated carbocycles. The van der Waals surface area contributed by atoms with Crippen LogP contribution in [0.25, 0.3) is 5.57 Å². The Morgan fingerprint density at radius 1 is 0.857 bits per heavy atom. The van der Waals surface area contributed by atoms with Gasteiger partial charge in [-0.25, -0.2) is 0 Å². The molecule has 0 nitrogen and oxygen atoms in total. The first-order valence-corrected chi connectivity index (χ1v) is 9.05. The Morgan fingerprint density at radius 3 is 2.10 bits per heavy atom. The molecule has 0 bridgehead atoms. The summed E-state index contributed by atoms with van der Waals surface area (Å²) in [7, 11) is 0. The van der Waals surface area contributed by atoms with Crippen LogP contribution < -0.4 is 0 Å². The van der Waals surface area contributed by atoms with E-state index in [9.17, 15) is 0 Å². The number of allylic oxidation sites excluding steroid dienone is 2. The zero-order chi connectivity index (χ0) is 15.7. The Labute approximate surface area is 136 Å². The summed E-state index contributed by atoms with van der Waals surface area (Å²) in [5.41, 5.74) is 5.87. The molecule has 0 atom stereocenters. The van der Waals surface area contributed by atoms with Crippen LogP contribution in [0.5, 0.6) is 0 Å². The van der Waals surface area contributed by atoms with Gasteiger partial charge in [-0.05, 0) is 47.9 Å². The summed E-state index contributed by atoms with van der Waals surface area (Å²) in [5, 5.41) is 1.07. The zero-order valence-corrected chi connectivity index (χ0v) is 15.0. The van der Waals surface area contributed by atoms with Gasteiger partial charge in [0.1, 0.15) is 0 Å². The van der Waals surface area contributed by atoms with Crippen molar-refractivity contribution < 1.29 is 0 Å². The van der Waals surface area contributed by atoms with Gasteiger partial charge < -0.3 is 0 Å². The zero-order valence-electron chi connectivity index (χ0n) is 14.3. The highest BCUT2D eigenvalue weighted by Crippen LogP contribution is 2.33. The fraction of sp³-hybridized carbons (Fsp3) is 0.600. The van der Waals surface area contributed by atoms with E-state index in [2.05, 4.69) is 45.9 Å². The van der Waals surface area contributed by atoms with E-state index in [1.54, 1.807) is 5.56 Å². The van der Waals surface area contributed by atoms with Crippen molar-refractivity contribution in [1.82, 2.24) is 0 Å². The molecule has 0 saturated heterocycles. The number of aryl methyl sites for hydroxylation is 1. The quantitative estimate of drug-likeness (QED) is 0.454. The fourth-order valence-corrected chi connectivity index (χ4v) is 3.39. The van der Waals surface area contributed by atoms with Crippen LogP contribution in [0.4, 0.5) is 0 Å². The van der Waals surface area contributed by atoms with E-state index in [-0.39, 0.29) is 0 Å². The number of halogens is 1. The Balaban J connectivity index is 3.35. The lowest BCUT2D eigenvalue weighted by Crippen LogP contribution is -2.01. The average molecular weight is 307 g/mol. The van der Waals surface area contributed by atoms with Crippen molar-refractivity contribution in [3.8, 4) is 0 Å². The first-order chi connectivity index (χ1) is 10.2. The third kappa shape index (κ3) is 5.18. The van der Waals surface area contributed by atoms with E-state index in [0.717, 1.165) is 37.1 Å². The van der Waals surface area contributed by atoms with E-state index in [1.807, 2.05) is 0 Å². The smallest absolute Gasteiger partial charge is 0.0218 e. The molecule has 0 heterocycles. The maximum atomic E-state index is 6.64. The molecule has 1 heteroatoms. The topological polar surface area (TPSA) is 0 Å². The highest BCUT2D eigenvalue weighted by Gasteiger charge is 2.13. The second kappa shape index (κ2) is 10.1. The van der Waals surface area contributed by atoms with Crippen molar-refractivity contribution in [3.05, 3.63) is 39.9 Å². The Morgan fingerprint density at radius 2 is 1.52 bits per heavy atom. The maximum absolute atomic E-state index is 6.64. The molecule has 0 amide bonds. The molecular formula is C20H31Cl. The summed E-state index contributed by atoms with van der Waals surface area (Å²) in [5.74, 6) is 0. The summed E-state index contributed by atoms with van der Waals surface area (Å²) in [6.07, 6.45) is 9.09. The van der Waals surface area contributed by atoms with Crippen LogP contribution in [-0.4, -0.2) is 0 Å². The lowest BCUT2D eigenvalue weighted by atomic mass is 9.88. The minimum atomic E-state index is 1.00. The Kier molecular flexibility index (Phi) is 8.76. The van der Waals surface area contributed by atoms with Crippen molar-refractivity contribution in [2.45, 2.75) is 79.1 Å². The Hall–Kier alpha value is -0.750. The van der Waals surface area contributed by atoms with Crippen molar-refractivity contribution in [2.24, 2.45) is 0 Å². The highest BCUT2D eigenvalue weighted by molar-refractivity contribution is 6.32. The second-order valence-corrected chi connectivity index (χ2v) is 6.28. The van der Waals surface area contributed by atoms with Gasteiger partial charge in [0.15, 0.2) is 0 Å². The number of benzene rings is 1. The largest absolute Gasteiger partial charge is 0.0888 e. The van der Waals surface area contributed by atoms with E-state index in [4.69, 9.17) is 11.6 Å². The number of hydrogen-bond donors (Lipinski definition) is 0. The van der Waals surface area contributed by atoms with Gasteiger partial charge in [0, 0.05) is 5.03 Å². The number of rotatable bonds is 9. The van der Waals surface area contributed by atoms with Gasteiger partial charge in [0.2, 0.25) is 0 Å². The van der Waals surface area contributed by atoms with Gasteiger partial charge in [-0.15, -0.1) is 0 Å². The summed E-state index contributed by atoms with van der Waals surface area (Å²) in [6.45, 7) is 8.97. The van der Waals surface area contributed by atoms with Gasteiger partial charge >= 0.3 is 0 Å². The molecule has 1 rings (SSSR count). The average Bonchev–Trinajstić information content (AvgIpc) is 2.47. The first-order valence-electron chi connectivity index (χ1n) is 8.68. The third-order valence-electron chi connectivity index (χ3n) is 3.91. The molecule has 118 valence electrons. The fourth-order valence-electron chi connectivity index (χ4n) is 3.00. The van der Waals surface area contributed by atoms with Crippen molar-refractivity contribution in [2.75, 3.05) is 0 Å². The molecule has 0 spiro atoms. The SMILES string of the molecule is CCCC(Cl)=C(CCC)c1cccc(CCC)c1CCC. The van der Waals surface area contributed by atoms with Crippen molar-refractivity contribution >= 4 is 17.2 Å². The molecular weight excluding hydrogens is 276 g/mol. The minimum Gasteiger partial charge on any atom is -0.0888 e. The van der Waals surface area contributed by atoms with E-state index in [1.165, 1.54) is 36.0 Å². The minimum absolute atomic E-state index is 1.00. The predicted molar refractivity (Wildman–Crippen MR) is 97.0 cm³/mol. The molecule has 21 heavy (non-hydrogen) atoms. The van der Waals surface area contributed by atoms with Crippen LogP contribution >= 0.6 is 11.6 Å². The summed E-state index contributed by atoms with van der Waals surface area (Å²) in [4.78, 5) is 0. The van der Waals surface area contributed by atoms with Crippen LogP contribution in [0, 0.1) is 0 Å². The molecule has 0 aliphatic rings. The van der Waals surface area contributed by atoms with Crippen LogP contribution in [0.1, 0.15) is 82.9 Å². The normalized spacial score (nSPS) is 12.4. The molecule has 0 fully saturated rings. The standard InChI is InChI=1S/C20H31Cl/c1-5-10-16-14-9-15-18(17(16)11-6-2)19(12-7-3)20(21)13-8-4/h9,14-15H,5-8,10-13H2,1-4H3. The molecule has 0 aliphatic carbocycles. The van der Waals surface area contributed by atoms with Crippen molar-refractivity contribution in [3.63, 3.8) is 0 Å². The molecule has 0 aliphatic heterocycles. The van der Waals surface area contributed by atoms with Crippen molar-refractivity contribution in [1.29, 1.82) is 0 Å². The molecule has 1 aromatic carbocycles. The Bertz CT molecular complexity index is 457. The molecule has 0 aromatic heterocycles. The summed E-state index contributed by atoms with van der Waals surface area (Å²) in [6, 6.07) is 6.80. The van der Waals surface area contributed by atoms with Gasteiger partial charge in [0.05, 0.1) is 0 Å². The van der Waals surface area contributed by atoms with E-state index in [0.29, 0.717) is 0 Å². The molecule has 0 radical (unpaired) electrons. The van der Waals surface area contributed by atoms with Crippen LogP contribution in [0.3, 0.4) is 0 Å². The monoisotopic (exact) mass is 306 g/mol. The van der Waals surface area contributed by atoms with Crippen LogP contribution in [-0.2, 0) is 12.8 Å². The van der Waals surface area contributed by atoms with Crippen LogP contribution in [0.2, 0.25) is 0 Å². The summed E-state index contributed by atoms with van der Waals surface area (Å²) >= 11 is 6.64. The molecule has 1 aromatic rings. The van der Waals surface area contributed by atoms with E-state index >= 15 is 0 Å². The van der Waals surface area contributed by atoms with Crippen LogP contribution in [0.15, 0.2) is 23.2 Å².